The second kappa shape index (κ2) is 8.43. The smallest absolute Gasteiger partial charge is 0.283 e. The van der Waals surface area contributed by atoms with E-state index in [1.165, 1.54) is 6.26 Å². The predicted molar refractivity (Wildman–Crippen MR) is 108 cm³/mol. The Kier molecular flexibility index (Phi) is 5.38. The zero-order valence-corrected chi connectivity index (χ0v) is 15.8. The molecule has 0 bridgehead atoms. The van der Waals surface area contributed by atoms with Gasteiger partial charge in [-0.05, 0) is 48.9 Å². The van der Waals surface area contributed by atoms with Crippen LogP contribution in [0.15, 0.2) is 75.8 Å². The van der Waals surface area contributed by atoms with Crippen molar-refractivity contribution in [2.45, 2.75) is 13.3 Å². The molecule has 0 atom stereocenters. The summed E-state index contributed by atoms with van der Waals surface area (Å²) in [5, 5.41) is 11.0. The van der Waals surface area contributed by atoms with Crippen molar-refractivity contribution in [3.8, 4) is 28.9 Å². The molecule has 7 nitrogen and oxygen atoms in total. The Bertz CT molecular complexity index is 1100. The number of amides is 1. The number of hydrogen-bond acceptors (Lipinski definition) is 6. The molecular formula is C22H19N3O4. The first-order valence-corrected chi connectivity index (χ1v) is 9.25. The van der Waals surface area contributed by atoms with E-state index in [0.717, 1.165) is 6.42 Å². The normalized spacial score (nSPS) is 10.7. The van der Waals surface area contributed by atoms with Crippen LogP contribution >= 0.6 is 0 Å². The van der Waals surface area contributed by atoms with Gasteiger partial charge >= 0.3 is 0 Å². The van der Waals surface area contributed by atoms with Gasteiger partial charge in [0.15, 0.2) is 5.76 Å². The van der Waals surface area contributed by atoms with E-state index in [9.17, 15) is 4.79 Å². The Labute approximate surface area is 167 Å². The summed E-state index contributed by atoms with van der Waals surface area (Å²) in [6, 6.07) is 17.9. The van der Waals surface area contributed by atoms with Crippen LogP contribution < -0.4 is 10.1 Å². The Morgan fingerprint density at radius 2 is 1.90 bits per heavy atom. The van der Waals surface area contributed by atoms with Gasteiger partial charge in [0.1, 0.15) is 5.75 Å². The molecule has 1 amide bonds. The minimum absolute atomic E-state index is 0.254. The molecule has 2 aromatic carbocycles. The van der Waals surface area contributed by atoms with Crippen molar-refractivity contribution >= 4 is 11.6 Å². The lowest BCUT2D eigenvalue weighted by Crippen LogP contribution is -2.13. The van der Waals surface area contributed by atoms with Crippen LogP contribution in [0.25, 0.3) is 23.1 Å². The van der Waals surface area contributed by atoms with Gasteiger partial charge in [0.2, 0.25) is 5.89 Å². The van der Waals surface area contributed by atoms with E-state index in [1.54, 1.807) is 48.5 Å². The zero-order chi connectivity index (χ0) is 20.1. The third-order valence-electron chi connectivity index (χ3n) is 4.12. The van der Waals surface area contributed by atoms with Gasteiger partial charge in [-0.2, -0.15) is 0 Å². The molecule has 0 spiro atoms. The summed E-state index contributed by atoms with van der Waals surface area (Å²) in [6.07, 6.45) is 2.40. The van der Waals surface area contributed by atoms with Crippen LogP contribution in [0.1, 0.15) is 23.7 Å². The fraction of sp³-hybridized carbons (Fsp3) is 0.136. The van der Waals surface area contributed by atoms with E-state index in [1.807, 2.05) is 19.1 Å². The van der Waals surface area contributed by atoms with Crippen molar-refractivity contribution in [1.29, 1.82) is 0 Å². The second-order valence-corrected chi connectivity index (χ2v) is 6.27. The number of aromatic nitrogens is 2. The number of nitrogens with zero attached hydrogens (tertiary/aromatic N) is 2. The lowest BCUT2D eigenvalue weighted by Gasteiger charge is -2.11. The largest absolute Gasteiger partial charge is 0.493 e. The first-order valence-electron chi connectivity index (χ1n) is 9.25. The first kappa shape index (κ1) is 18.5. The van der Waals surface area contributed by atoms with E-state index < -0.39 is 0 Å². The predicted octanol–water partition coefficient (Wildman–Crippen LogP) is 5.04. The molecule has 29 heavy (non-hydrogen) atoms. The van der Waals surface area contributed by atoms with Crippen molar-refractivity contribution in [1.82, 2.24) is 10.2 Å². The van der Waals surface area contributed by atoms with Gasteiger partial charge in [-0.1, -0.05) is 25.1 Å². The van der Waals surface area contributed by atoms with Gasteiger partial charge in [-0.15, -0.1) is 10.2 Å². The first-order chi connectivity index (χ1) is 14.2. The molecule has 146 valence electrons. The third-order valence-corrected chi connectivity index (χ3v) is 4.12. The Balaban J connectivity index is 1.53. The van der Waals surface area contributed by atoms with Gasteiger partial charge in [0.25, 0.3) is 11.8 Å². The maximum atomic E-state index is 12.8. The van der Waals surface area contributed by atoms with Crippen molar-refractivity contribution < 1.29 is 18.4 Å². The molecule has 4 aromatic rings. The summed E-state index contributed by atoms with van der Waals surface area (Å²) in [5.74, 6) is 1.43. The Hall–Kier alpha value is -3.87. The molecule has 0 fully saturated rings. The number of para-hydroxylation sites is 1. The third kappa shape index (κ3) is 4.19. The number of furan rings is 1. The number of nitrogens with one attached hydrogen (secondary N) is 1. The summed E-state index contributed by atoms with van der Waals surface area (Å²) in [4.78, 5) is 12.8. The molecule has 0 aliphatic carbocycles. The van der Waals surface area contributed by atoms with E-state index in [2.05, 4.69) is 15.5 Å². The van der Waals surface area contributed by atoms with Crippen molar-refractivity contribution in [2.75, 3.05) is 11.9 Å². The monoisotopic (exact) mass is 389 g/mol. The minimum atomic E-state index is -0.254. The van der Waals surface area contributed by atoms with Gasteiger partial charge in [-0.25, -0.2) is 0 Å². The average molecular weight is 389 g/mol. The van der Waals surface area contributed by atoms with E-state index in [4.69, 9.17) is 13.6 Å². The molecule has 0 saturated carbocycles. The average Bonchev–Trinajstić information content (AvgIpc) is 3.44. The van der Waals surface area contributed by atoms with Crippen LogP contribution in [-0.4, -0.2) is 22.7 Å². The van der Waals surface area contributed by atoms with E-state index >= 15 is 0 Å². The lowest BCUT2D eigenvalue weighted by molar-refractivity contribution is 0.102. The molecule has 2 heterocycles. The van der Waals surface area contributed by atoms with Crippen LogP contribution in [0.4, 0.5) is 5.69 Å². The number of carbonyl (C=O) groups excluding carboxylic acids is 1. The van der Waals surface area contributed by atoms with Crippen molar-refractivity contribution in [3.63, 3.8) is 0 Å². The molecule has 1 N–H and O–H groups in total. The molecule has 0 aliphatic rings. The summed E-state index contributed by atoms with van der Waals surface area (Å²) < 4.78 is 16.6. The Morgan fingerprint density at radius 1 is 1.03 bits per heavy atom. The molecule has 2 aromatic heterocycles. The van der Waals surface area contributed by atoms with Crippen molar-refractivity contribution in [3.05, 3.63) is 72.5 Å². The highest BCUT2D eigenvalue weighted by atomic mass is 16.5. The molecule has 4 rings (SSSR count). The topological polar surface area (TPSA) is 90.4 Å². The molecule has 0 aliphatic heterocycles. The number of rotatable bonds is 7. The minimum Gasteiger partial charge on any atom is -0.493 e. The summed E-state index contributed by atoms with van der Waals surface area (Å²) in [6.45, 7) is 2.57. The summed E-state index contributed by atoms with van der Waals surface area (Å²) in [5.41, 5.74) is 1.77. The fourth-order valence-electron chi connectivity index (χ4n) is 2.76. The zero-order valence-electron chi connectivity index (χ0n) is 15.8. The lowest BCUT2D eigenvalue weighted by atomic mass is 10.1. The van der Waals surface area contributed by atoms with Gasteiger partial charge in [0.05, 0.1) is 18.4 Å². The van der Waals surface area contributed by atoms with Crippen LogP contribution in [-0.2, 0) is 0 Å². The molecule has 0 unspecified atom stereocenters. The van der Waals surface area contributed by atoms with E-state index in [-0.39, 0.29) is 5.91 Å². The molecule has 0 saturated heterocycles. The van der Waals surface area contributed by atoms with Crippen molar-refractivity contribution in [2.24, 2.45) is 0 Å². The number of hydrogen-bond donors (Lipinski definition) is 1. The highest BCUT2D eigenvalue weighted by Gasteiger charge is 2.15. The maximum Gasteiger partial charge on any atom is 0.283 e. The number of benzene rings is 2. The maximum absolute atomic E-state index is 12.8. The van der Waals surface area contributed by atoms with Crippen LogP contribution in [0.5, 0.6) is 5.75 Å². The highest BCUT2D eigenvalue weighted by Crippen LogP contribution is 2.26. The Morgan fingerprint density at radius 3 is 2.72 bits per heavy atom. The molecule has 7 heteroatoms. The van der Waals surface area contributed by atoms with Gasteiger partial charge in [0, 0.05) is 11.3 Å². The van der Waals surface area contributed by atoms with Gasteiger partial charge in [-0.3, -0.25) is 4.79 Å². The molecule has 0 radical (unpaired) electrons. The van der Waals surface area contributed by atoms with Crippen LogP contribution in [0.3, 0.4) is 0 Å². The number of ether oxygens (including phenoxy) is 1. The van der Waals surface area contributed by atoms with E-state index in [0.29, 0.717) is 46.7 Å². The highest BCUT2D eigenvalue weighted by molar-refractivity contribution is 6.06. The van der Waals surface area contributed by atoms with Crippen LogP contribution in [0.2, 0.25) is 0 Å². The standard InChI is InChI=1S/C22H19N3O4/c1-2-12-27-18-10-4-3-9-17(18)20(26)23-16-8-5-7-15(14-16)21-24-25-22(29-21)19-11-6-13-28-19/h3-11,13-14H,2,12H2,1H3,(H,23,26). The van der Waals surface area contributed by atoms with Gasteiger partial charge < -0.3 is 18.9 Å². The molecular weight excluding hydrogens is 370 g/mol. The SMILES string of the molecule is CCCOc1ccccc1C(=O)Nc1cccc(-c2nnc(-c3ccco3)o2)c1. The summed E-state index contributed by atoms with van der Waals surface area (Å²) in [7, 11) is 0. The number of anilines is 1. The quantitative estimate of drug-likeness (QED) is 0.476. The summed E-state index contributed by atoms with van der Waals surface area (Å²) >= 11 is 0. The fourth-order valence-corrected chi connectivity index (χ4v) is 2.76. The number of carbonyl (C=O) groups is 1. The van der Waals surface area contributed by atoms with Crippen LogP contribution in [0, 0.1) is 0 Å². The second-order valence-electron chi connectivity index (χ2n) is 6.27.